The van der Waals surface area contributed by atoms with Crippen molar-refractivity contribution in [2.24, 2.45) is 0 Å². The number of amides is 1. The average Bonchev–Trinajstić information content (AvgIpc) is 1.60. The van der Waals surface area contributed by atoms with Gasteiger partial charge < -0.3 is 4.55 Å². The second kappa shape index (κ2) is 4.89. The molecule has 11 heavy (non-hydrogen) atoms. The first-order chi connectivity index (χ1) is 4.33. The summed E-state index contributed by atoms with van der Waals surface area (Å²) >= 11 is 0. The van der Waals surface area contributed by atoms with Crippen LogP contribution in [0.4, 0.5) is 0 Å². The van der Waals surface area contributed by atoms with Gasteiger partial charge in [-0.1, -0.05) is 6.58 Å². The van der Waals surface area contributed by atoms with Gasteiger partial charge in [-0.25, -0.2) is 8.42 Å². The summed E-state index contributed by atoms with van der Waals surface area (Å²) in [5.74, 6) is -0.977. The summed E-state index contributed by atoms with van der Waals surface area (Å²) < 4.78 is 30.6. The molecule has 0 fully saturated rings. The summed E-state index contributed by atoms with van der Waals surface area (Å²) in [6, 6.07) is 0. The van der Waals surface area contributed by atoms with E-state index in [9.17, 15) is 17.8 Å². The topological polar surface area (TPSA) is 86.3 Å². The molecule has 0 atom stereocenters. The van der Waals surface area contributed by atoms with E-state index >= 15 is 0 Å². The minimum absolute atomic E-state index is 0. The van der Waals surface area contributed by atoms with Crippen molar-refractivity contribution in [1.82, 2.24) is 4.72 Å². The third-order valence-corrected chi connectivity index (χ3v) is 1.04. The molecule has 1 amide bonds. The molecule has 0 radical (unpaired) electrons. The van der Waals surface area contributed by atoms with Crippen LogP contribution in [-0.4, -0.2) is 18.9 Å². The van der Waals surface area contributed by atoms with E-state index in [0.29, 0.717) is 0 Å². The monoisotopic (exact) mass is 187 g/mol. The van der Waals surface area contributed by atoms with Crippen LogP contribution in [-0.2, 0) is 15.1 Å². The molecule has 0 saturated carbocycles. The zero-order valence-corrected chi connectivity index (χ0v) is 9.06. The molecule has 0 aromatic carbocycles. The molecule has 7 heteroatoms. The van der Waals surface area contributed by atoms with Crippen LogP contribution in [0.2, 0.25) is 0 Å². The van der Waals surface area contributed by atoms with E-state index in [2.05, 4.69) is 6.58 Å². The van der Waals surface area contributed by atoms with Crippen LogP contribution in [0.15, 0.2) is 12.2 Å². The van der Waals surface area contributed by atoms with Crippen LogP contribution in [0.3, 0.4) is 0 Å². The zero-order valence-electron chi connectivity index (χ0n) is 6.25. The minimum Gasteiger partial charge on any atom is -0.731 e. The normalized spacial score (nSPS) is 9.64. The SMILES string of the molecule is C=C(C)C(=O)NS(=O)(=O)[O-].[Na+]. The van der Waals surface area contributed by atoms with Crippen LogP contribution in [0, 0.1) is 0 Å². The fourth-order valence-corrected chi connectivity index (χ4v) is 0.602. The molecule has 0 aliphatic heterocycles. The second-order valence-corrected chi connectivity index (χ2v) is 2.78. The van der Waals surface area contributed by atoms with Crippen molar-refractivity contribution in [3.8, 4) is 0 Å². The average molecular weight is 187 g/mol. The maximum absolute atomic E-state index is 10.4. The Bertz CT molecular complexity index is 257. The fourth-order valence-electron chi connectivity index (χ4n) is 0.201. The molecule has 0 aromatic heterocycles. The van der Waals surface area contributed by atoms with Gasteiger partial charge in [-0.05, 0) is 6.92 Å². The van der Waals surface area contributed by atoms with Crippen LogP contribution >= 0.6 is 0 Å². The molecule has 0 unspecified atom stereocenters. The van der Waals surface area contributed by atoms with Crippen LogP contribution in [0.25, 0.3) is 0 Å². The maximum atomic E-state index is 10.4. The molecule has 5 nitrogen and oxygen atoms in total. The van der Waals surface area contributed by atoms with Gasteiger partial charge in [-0.2, -0.15) is 0 Å². The van der Waals surface area contributed by atoms with E-state index in [1.807, 2.05) is 0 Å². The van der Waals surface area contributed by atoms with Crippen molar-refractivity contribution >= 4 is 16.2 Å². The van der Waals surface area contributed by atoms with Crippen molar-refractivity contribution < 1.29 is 47.3 Å². The Balaban J connectivity index is 0. The van der Waals surface area contributed by atoms with Gasteiger partial charge in [0.2, 0.25) is 0 Å². The van der Waals surface area contributed by atoms with E-state index in [4.69, 9.17) is 0 Å². The predicted molar refractivity (Wildman–Crippen MR) is 32.7 cm³/mol. The molecule has 0 aliphatic carbocycles. The van der Waals surface area contributed by atoms with E-state index in [1.54, 1.807) is 0 Å². The Morgan fingerprint density at radius 3 is 2.00 bits per heavy atom. The summed E-state index contributed by atoms with van der Waals surface area (Å²) in [6.45, 7) is 4.42. The molecular formula is C4H6NNaO4S. The summed E-state index contributed by atoms with van der Waals surface area (Å²) in [5.41, 5.74) is -0.0283. The van der Waals surface area contributed by atoms with Gasteiger partial charge in [0.05, 0.1) is 0 Å². The van der Waals surface area contributed by atoms with Crippen molar-refractivity contribution in [3.05, 3.63) is 12.2 Å². The number of hydrogen-bond donors (Lipinski definition) is 1. The maximum Gasteiger partial charge on any atom is 1.00 e. The number of hydrogen-bond acceptors (Lipinski definition) is 4. The first-order valence-electron chi connectivity index (χ1n) is 2.26. The molecule has 1 N–H and O–H groups in total. The third kappa shape index (κ3) is 8.02. The quantitative estimate of drug-likeness (QED) is 0.272. The standard InChI is InChI=1S/C4H7NO4S.Na/c1-3(2)4(6)5-10(7,8)9;/h1H2,2H3,(H,5,6)(H,7,8,9);/q;+1/p-1. The predicted octanol–water partition coefficient (Wildman–Crippen LogP) is -3.86. The summed E-state index contributed by atoms with van der Waals surface area (Å²) in [6.07, 6.45) is 0. The molecule has 0 bridgehead atoms. The van der Waals surface area contributed by atoms with Crippen molar-refractivity contribution in [2.45, 2.75) is 6.92 Å². The molecule has 0 rings (SSSR count). The Labute approximate surface area is 87.0 Å². The number of nitrogens with one attached hydrogen (secondary N) is 1. The fraction of sp³-hybridized carbons (Fsp3) is 0.250. The van der Waals surface area contributed by atoms with Crippen molar-refractivity contribution in [1.29, 1.82) is 0 Å². The van der Waals surface area contributed by atoms with E-state index < -0.39 is 16.2 Å². The Morgan fingerprint density at radius 1 is 1.55 bits per heavy atom. The van der Waals surface area contributed by atoms with Crippen LogP contribution < -0.4 is 34.3 Å². The summed E-state index contributed by atoms with van der Waals surface area (Å²) in [5, 5.41) is 0. The number of rotatable bonds is 2. The van der Waals surface area contributed by atoms with Crippen molar-refractivity contribution in [3.63, 3.8) is 0 Å². The van der Waals surface area contributed by atoms with E-state index in [0.717, 1.165) is 0 Å². The van der Waals surface area contributed by atoms with Crippen molar-refractivity contribution in [2.75, 3.05) is 0 Å². The Kier molecular flexibility index (Phi) is 6.09. The summed E-state index contributed by atoms with van der Waals surface area (Å²) in [4.78, 5) is 10.4. The number of carbonyl (C=O) groups is 1. The van der Waals surface area contributed by atoms with Gasteiger partial charge >= 0.3 is 29.6 Å². The minimum atomic E-state index is -4.68. The number of carbonyl (C=O) groups excluding carboxylic acids is 1. The van der Waals surface area contributed by atoms with Gasteiger partial charge in [-0.3, -0.25) is 9.52 Å². The van der Waals surface area contributed by atoms with E-state index in [1.165, 1.54) is 11.6 Å². The molecule has 0 aliphatic rings. The van der Waals surface area contributed by atoms with Gasteiger partial charge in [0, 0.05) is 5.57 Å². The van der Waals surface area contributed by atoms with Crippen LogP contribution in [0.5, 0.6) is 0 Å². The molecule has 0 spiro atoms. The zero-order chi connectivity index (χ0) is 8.36. The third-order valence-electron chi connectivity index (χ3n) is 0.605. The largest absolute Gasteiger partial charge is 1.00 e. The second-order valence-electron chi connectivity index (χ2n) is 1.67. The Hall–Kier alpha value is 0.120. The first kappa shape index (κ1) is 13.7. The first-order valence-corrected chi connectivity index (χ1v) is 3.67. The molecule has 0 saturated heterocycles. The van der Waals surface area contributed by atoms with E-state index in [-0.39, 0.29) is 35.1 Å². The smallest absolute Gasteiger partial charge is 0.731 e. The molecule has 0 aromatic rings. The van der Waals surface area contributed by atoms with Crippen LogP contribution in [0.1, 0.15) is 6.92 Å². The molecular weight excluding hydrogens is 181 g/mol. The Morgan fingerprint density at radius 2 is 1.91 bits per heavy atom. The van der Waals surface area contributed by atoms with Gasteiger partial charge in [0.25, 0.3) is 5.91 Å². The van der Waals surface area contributed by atoms with Gasteiger partial charge in [0.15, 0.2) is 10.3 Å². The molecule has 0 heterocycles. The summed E-state index contributed by atoms with van der Waals surface area (Å²) in [7, 11) is -4.68. The van der Waals surface area contributed by atoms with Gasteiger partial charge in [-0.15, -0.1) is 0 Å². The molecule has 58 valence electrons. The van der Waals surface area contributed by atoms with Gasteiger partial charge in [0.1, 0.15) is 0 Å².